The predicted octanol–water partition coefficient (Wildman–Crippen LogP) is 3.63. The summed E-state index contributed by atoms with van der Waals surface area (Å²) in [5, 5.41) is 0. The molecule has 1 saturated carbocycles. The SMILES string of the molecule is O=C1[C@@H]2C[C@H](Oc3cnc(C4CC4)cn3)CN2CCCN1Cc1ccc(C(F)(F)F)cc1. The van der Waals surface area contributed by atoms with Crippen LogP contribution in [0.3, 0.4) is 0 Å². The topological polar surface area (TPSA) is 58.6 Å². The van der Waals surface area contributed by atoms with Crippen LogP contribution >= 0.6 is 0 Å². The first-order valence-electron chi connectivity index (χ1n) is 11.0. The fourth-order valence-electron chi connectivity index (χ4n) is 4.56. The molecule has 1 amide bonds. The van der Waals surface area contributed by atoms with Crippen LogP contribution in [0.1, 0.15) is 48.4 Å². The van der Waals surface area contributed by atoms with E-state index in [0.29, 0.717) is 43.4 Å². The van der Waals surface area contributed by atoms with Crippen LogP contribution < -0.4 is 4.74 Å². The minimum absolute atomic E-state index is 0.00339. The number of benzene rings is 1. The largest absolute Gasteiger partial charge is 0.472 e. The van der Waals surface area contributed by atoms with Gasteiger partial charge in [-0.05, 0) is 37.0 Å². The van der Waals surface area contributed by atoms with E-state index in [4.69, 9.17) is 4.74 Å². The number of amides is 1. The highest BCUT2D eigenvalue weighted by Gasteiger charge is 2.41. The lowest BCUT2D eigenvalue weighted by atomic mass is 10.1. The molecule has 9 heteroatoms. The van der Waals surface area contributed by atoms with E-state index >= 15 is 0 Å². The third-order valence-electron chi connectivity index (χ3n) is 6.42. The number of alkyl halides is 3. The van der Waals surface area contributed by atoms with Gasteiger partial charge < -0.3 is 9.64 Å². The standard InChI is InChI=1S/C23H25F3N4O2/c24-23(25,26)17-6-2-15(3-7-17)13-30-9-1-8-29-14-18(10-20(29)22(30)31)32-21-12-27-19(11-28-21)16-4-5-16/h2-3,6-7,11-12,16,18,20H,1,4-5,8-10,13-14H2/t18-,20-/m0/s1. The van der Waals surface area contributed by atoms with Crippen LogP contribution in [0, 0.1) is 0 Å². The first-order chi connectivity index (χ1) is 15.4. The van der Waals surface area contributed by atoms with Crippen LogP contribution in [0.25, 0.3) is 0 Å². The molecular weight excluding hydrogens is 421 g/mol. The van der Waals surface area contributed by atoms with E-state index in [9.17, 15) is 18.0 Å². The Kier molecular flexibility index (Phi) is 5.53. The number of ether oxygens (including phenoxy) is 1. The van der Waals surface area contributed by atoms with E-state index in [1.165, 1.54) is 25.0 Å². The highest BCUT2D eigenvalue weighted by Crippen LogP contribution is 2.38. The fraction of sp³-hybridized carbons (Fsp3) is 0.522. The zero-order valence-corrected chi connectivity index (χ0v) is 17.6. The summed E-state index contributed by atoms with van der Waals surface area (Å²) in [5.74, 6) is 1.02. The summed E-state index contributed by atoms with van der Waals surface area (Å²) < 4.78 is 44.4. The molecule has 6 nitrogen and oxygen atoms in total. The highest BCUT2D eigenvalue weighted by molar-refractivity contribution is 5.82. The van der Waals surface area contributed by atoms with Crippen LogP contribution in [-0.4, -0.2) is 57.5 Å². The monoisotopic (exact) mass is 446 g/mol. The van der Waals surface area contributed by atoms with Crippen molar-refractivity contribution in [1.29, 1.82) is 0 Å². The minimum Gasteiger partial charge on any atom is -0.472 e. The van der Waals surface area contributed by atoms with Crippen LogP contribution in [0.15, 0.2) is 36.7 Å². The Morgan fingerprint density at radius 2 is 1.84 bits per heavy atom. The summed E-state index contributed by atoms with van der Waals surface area (Å²) in [5.41, 5.74) is 1.02. The van der Waals surface area contributed by atoms with E-state index in [0.717, 1.165) is 30.8 Å². The summed E-state index contributed by atoms with van der Waals surface area (Å²) in [6, 6.07) is 4.75. The number of aromatic nitrogens is 2. The van der Waals surface area contributed by atoms with Crippen molar-refractivity contribution >= 4 is 5.91 Å². The van der Waals surface area contributed by atoms with Gasteiger partial charge >= 0.3 is 6.18 Å². The molecule has 3 heterocycles. The second-order valence-electron chi connectivity index (χ2n) is 8.85. The zero-order valence-electron chi connectivity index (χ0n) is 17.6. The number of hydrogen-bond donors (Lipinski definition) is 0. The molecule has 1 aromatic carbocycles. The van der Waals surface area contributed by atoms with E-state index in [-0.39, 0.29) is 18.1 Å². The molecule has 5 rings (SSSR count). The number of carbonyl (C=O) groups is 1. The first kappa shape index (κ1) is 21.2. The molecule has 0 N–H and O–H groups in total. The second-order valence-corrected chi connectivity index (χ2v) is 8.85. The Bertz CT molecular complexity index is 961. The number of hydrogen-bond acceptors (Lipinski definition) is 5. The molecular formula is C23H25F3N4O2. The van der Waals surface area contributed by atoms with Gasteiger partial charge in [-0.25, -0.2) is 4.98 Å². The molecule has 2 aliphatic heterocycles. The molecule has 2 atom stereocenters. The van der Waals surface area contributed by atoms with Gasteiger partial charge in [-0.1, -0.05) is 12.1 Å². The maximum Gasteiger partial charge on any atom is 0.416 e. The molecule has 0 spiro atoms. The van der Waals surface area contributed by atoms with Gasteiger partial charge in [0, 0.05) is 38.5 Å². The van der Waals surface area contributed by atoms with Crippen molar-refractivity contribution in [3.63, 3.8) is 0 Å². The molecule has 0 unspecified atom stereocenters. The molecule has 2 saturated heterocycles. The number of rotatable bonds is 5. The van der Waals surface area contributed by atoms with E-state index in [1.807, 2.05) is 0 Å². The van der Waals surface area contributed by atoms with Crippen LogP contribution in [0.4, 0.5) is 13.2 Å². The summed E-state index contributed by atoms with van der Waals surface area (Å²) in [6.45, 7) is 2.33. The van der Waals surface area contributed by atoms with Gasteiger partial charge in [-0.3, -0.25) is 14.7 Å². The normalized spacial score (nSPS) is 24.3. The molecule has 1 aliphatic carbocycles. The van der Waals surface area contributed by atoms with Crippen molar-refractivity contribution in [3.05, 3.63) is 53.5 Å². The molecule has 170 valence electrons. The van der Waals surface area contributed by atoms with E-state index in [2.05, 4.69) is 14.9 Å². The summed E-state index contributed by atoms with van der Waals surface area (Å²) in [4.78, 5) is 25.9. The maximum atomic E-state index is 13.2. The van der Waals surface area contributed by atoms with Gasteiger partial charge in [0.05, 0.1) is 29.7 Å². The molecule has 32 heavy (non-hydrogen) atoms. The van der Waals surface area contributed by atoms with Crippen molar-refractivity contribution in [2.24, 2.45) is 0 Å². The van der Waals surface area contributed by atoms with Crippen LogP contribution in [0.2, 0.25) is 0 Å². The Morgan fingerprint density at radius 1 is 1.06 bits per heavy atom. The van der Waals surface area contributed by atoms with E-state index < -0.39 is 11.7 Å². The Balaban J connectivity index is 1.21. The van der Waals surface area contributed by atoms with Gasteiger partial charge in [0.2, 0.25) is 11.8 Å². The number of nitrogens with zero attached hydrogens (tertiary/aromatic N) is 4. The van der Waals surface area contributed by atoms with Crippen molar-refractivity contribution in [2.45, 2.75) is 56.5 Å². The predicted molar refractivity (Wildman–Crippen MR) is 110 cm³/mol. The lowest BCUT2D eigenvalue weighted by Crippen LogP contribution is -2.42. The second kappa shape index (κ2) is 8.35. The minimum atomic E-state index is -4.36. The lowest BCUT2D eigenvalue weighted by molar-refractivity contribution is -0.138. The third-order valence-corrected chi connectivity index (χ3v) is 6.42. The Morgan fingerprint density at radius 3 is 2.50 bits per heavy atom. The summed E-state index contributed by atoms with van der Waals surface area (Å²) >= 11 is 0. The molecule has 3 fully saturated rings. The number of fused-ring (bicyclic) bond motifs is 1. The number of halogens is 3. The van der Waals surface area contributed by atoms with Gasteiger partial charge in [0.1, 0.15) is 6.10 Å². The van der Waals surface area contributed by atoms with Crippen LogP contribution in [-0.2, 0) is 17.5 Å². The van der Waals surface area contributed by atoms with Crippen molar-refractivity contribution in [2.75, 3.05) is 19.6 Å². The van der Waals surface area contributed by atoms with Gasteiger partial charge in [0.25, 0.3) is 0 Å². The first-order valence-corrected chi connectivity index (χ1v) is 11.0. The summed E-state index contributed by atoms with van der Waals surface area (Å²) in [7, 11) is 0. The van der Waals surface area contributed by atoms with Crippen molar-refractivity contribution < 1.29 is 22.7 Å². The highest BCUT2D eigenvalue weighted by atomic mass is 19.4. The third kappa shape index (κ3) is 4.57. The fourth-order valence-corrected chi connectivity index (χ4v) is 4.56. The molecule has 0 radical (unpaired) electrons. The van der Waals surface area contributed by atoms with Crippen LogP contribution in [0.5, 0.6) is 5.88 Å². The quantitative estimate of drug-likeness (QED) is 0.702. The number of carbonyl (C=O) groups excluding carboxylic acids is 1. The molecule has 0 bridgehead atoms. The Labute approximate surface area is 184 Å². The smallest absolute Gasteiger partial charge is 0.416 e. The molecule has 2 aromatic rings. The molecule has 3 aliphatic rings. The van der Waals surface area contributed by atoms with Gasteiger partial charge in [0.15, 0.2) is 0 Å². The average molecular weight is 446 g/mol. The van der Waals surface area contributed by atoms with E-state index in [1.54, 1.807) is 17.3 Å². The van der Waals surface area contributed by atoms with Gasteiger partial charge in [-0.2, -0.15) is 13.2 Å². The maximum absolute atomic E-state index is 13.2. The average Bonchev–Trinajstić information content (AvgIpc) is 3.55. The van der Waals surface area contributed by atoms with Gasteiger partial charge in [-0.15, -0.1) is 0 Å². The Hall–Kier alpha value is -2.68. The van der Waals surface area contributed by atoms with Crippen molar-refractivity contribution in [3.8, 4) is 5.88 Å². The zero-order chi connectivity index (χ0) is 22.3. The summed E-state index contributed by atoms with van der Waals surface area (Å²) in [6.07, 6.45) is 2.64. The lowest BCUT2D eigenvalue weighted by Gasteiger charge is -2.25. The molecule has 1 aromatic heterocycles. The van der Waals surface area contributed by atoms with Crippen molar-refractivity contribution in [1.82, 2.24) is 19.8 Å².